The fraction of sp³-hybridized carbons (Fsp3) is 0.407. The Bertz CT molecular complexity index is 1160. The Morgan fingerprint density at radius 3 is 2.44 bits per heavy atom. The zero-order valence-corrected chi connectivity index (χ0v) is 20.3. The summed E-state index contributed by atoms with van der Waals surface area (Å²) in [6.07, 6.45) is 5.50. The van der Waals surface area contributed by atoms with E-state index in [9.17, 15) is 9.59 Å². The van der Waals surface area contributed by atoms with E-state index < -0.39 is 10.4 Å². The van der Waals surface area contributed by atoms with E-state index in [-0.39, 0.29) is 11.8 Å². The molecule has 166 valence electrons. The molecule has 0 radical (unpaired) electrons. The van der Waals surface area contributed by atoms with Crippen molar-refractivity contribution in [1.82, 2.24) is 0 Å². The molecule has 1 atom stereocenters. The number of nitrogens with zero attached hydrogens (tertiary/aromatic N) is 2. The van der Waals surface area contributed by atoms with Gasteiger partial charge in [0.05, 0.1) is 17.0 Å². The smallest absolute Gasteiger partial charge is 0.269 e. The van der Waals surface area contributed by atoms with Crippen molar-refractivity contribution in [3.8, 4) is 0 Å². The average molecular weight is 447 g/mol. The van der Waals surface area contributed by atoms with E-state index >= 15 is 0 Å². The van der Waals surface area contributed by atoms with Crippen molar-refractivity contribution in [3.63, 3.8) is 0 Å². The van der Waals surface area contributed by atoms with Crippen molar-refractivity contribution < 1.29 is 9.59 Å². The van der Waals surface area contributed by atoms with Gasteiger partial charge in [0.2, 0.25) is 10.8 Å². The summed E-state index contributed by atoms with van der Waals surface area (Å²) < 4.78 is 0. The largest absolute Gasteiger partial charge is 0.299 e. The number of aryl methyl sites for hydroxylation is 2. The maximum Gasteiger partial charge on any atom is 0.269 e. The van der Waals surface area contributed by atoms with Crippen LogP contribution in [0.5, 0.6) is 0 Å². The van der Waals surface area contributed by atoms with Gasteiger partial charge in [0, 0.05) is 16.8 Å². The van der Waals surface area contributed by atoms with Crippen LogP contribution in [0.3, 0.4) is 0 Å². The summed E-state index contributed by atoms with van der Waals surface area (Å²) in [6, 6.07) is 12.5. The number of rotatable bonds is 4. The first-order valence-electron chi connectivity index (χ1n) is 11.5. The molecule has 5 rings (SSSR count). The minimum atomic E-state index is -1.05. The molecule has 5 heteroatoms. The Morgan fingerprint density at radius 1 is 1.03 bits per heavy atom. The van der Waals surface area contributed by atoms with Crippen LogP contribution in [0, 0.1) is 6.92 Å². The van der Waals surface area contributed by atoms with Crippen LogP contribution in [0.15, 0.2) is 42.5 Å². The van der Waals surface area contributed by atoms with Crippen LogP contribution >= 0.6 is 11.8 Å². The molecule has 2 aromatic rings. The van der Waals surface area contributed by atoms with Crippen LogP contribution in [0.4, 0.5) is 11.4 Å². The molecule has 0 saturated carbocycles. The van der Waals surface area contributed by atoms with Crippen LogP contribution in [0.2, 0.25) is 0 Å². The van der Waals surface area contributed by atoms with E-state index in [1.54, 1.807) is 4.90 Å². The molecule has 3 aliphatic heterocycles. The van der Waals surface area contributed by atoms with E-state index in [1.807, 2.05) is 17.0 Å². The summed E-state index contributed by atoms with van der Waals surface area (Å²) in [5.41, 5.74) is 6.91. The summed E-state index contributed by atoms with van der Waals surface area (Å²) in [5, 5.41) is 0. The average Bonchev–Trinajstić information content (AvgIpc) is 3.21. The molecule has 32 heavy (non-hydrogen) atoms. The molecule has 1 fully saturated rings. The topological polar surface area (TPSA) is 40.6 Å². The molecule has 0 bridgehead atoms. The van der Waals surface area contributed by atoms with E-state index in [1.165, 1.54) is 22.9 Å². The number of unbranched alkanes of at least 4 members (excludes halogenated alkanes) is 1. The molecule has 1 spiro atoms. The first-order valence-corrected chi connectivity index (χ1v) is 12.4. The quantitative estimate of drug-likeness (QED) is 0.595. The van der Waals surface area contributed by atoms with E-state index in [4.69, 9.17) is 0 Å². The lowest BCUT2D eigenvalue weighted by Crippen LogP contribution is -2.54. The Balaban J connectivity index is 1.69. The van der Waals surface area contributed by atoms with Gasteiger partial charge in [0.15, 0.2) is 0 Å². The highest BCUT2D eigenvalue weighted by Crippen LogP contribution is 2.60. The summed E-state index contributed by atoms with van der Waals surface area (Å²) in [4.78, 5) is 30.2. The molecule has 3 aliphatic rings. The first-order chi connectivity index (χ1) is 15.2. The fourth-order valence-corrected chi connectivity index (χ4v) is 6.84. The third-order valence-electron chi connectivity index (χ3n) is 6.89. The molecule has 0 aliphatic carbocycles. The van der Waals surface area contributed by atoms with Gasteiger partial charge in [0.1, 0.15) is 0 Å². The first kappa shape index (κ1) is 21.3. The summed E-state index contributed by atoms with van der Waals surface area (Å²) in [6.45, 7) is 10.5. The summed E-state index contributed by atoms with van der Waals surface area (Å²) in [7, 11) is 0. The summed E-state index contributed by atoms with van der Waals surface area (Å²) >= 11 is 1.46. The third kappa shape index (κ3) is 2.83. The van der Waals surface area contributed by atoms with Crippen LogP contribution in [-0.2, 0) is 20.9 Å². The molecular formula is C27H30N2O2S. The van der Waals surface area contributed by atoms with Crippen molar-refractivity contribution in [2.45, 2.75) is 64.3 Å². The van der Waals surface area contributed by atoms with Crippen LogP contribution in [0.1, 0.15) is 62.8 Å². The highest BCUT2D eigenvalue weighted by molar-refractivity contribution is 8.02. The van der Waals surface area contributed by atoms with Gasteiger partial charge >= 0.3 is 0 Å². The number of carbonyl (C=O) groups excluding carboxylic acids is 2. The predicted octanol–water partition coefficient (Wildman–Crippen LogP) is 5.81. The molecular weight excluding hydrogens is 416 g/mol. The van der Waals surface area contributed by atoms with Crippen LogP contribution in [0.25, 0.3) is 5.57 Å². The van der Waals surface area contributed by atoms with Crippen molar-refractivity contribution in [3.05, 3.63) is 64.7 Å². The van der Waals surface area contributed by atoms with Gasteiger partial charge in [-0.2, -0.15) is 0 Å². The van der Waals surface area contributed by atoms with Gasteiger partial charge in [0.25, 0.3) is 5.91 Å². The number of hydrogen-bond donors (Lipinski definition) is 0. The second kappa shape index (κ2) is 7.24. The molecule has 2 aromatic carbocycles. The van der Waals surface area contributed by atoms with Crippen molar-refractivity contribution in [2.24, 2.45) is 0 Å². The maximum absolute atomic E-state index is 14.3. The van der Waals surface area contributed by atoms with Crippen LogP contribution in [-0.4, -0.2) is 23.1 Å². The van der Waals surface area contributed by atoms with Gasteiger partial charge in [-0.3, -0.25) is 19.4 Å². The number of allylic oxidation sites excluding steroid dienone is 1. The lowest BCUT2D eigenvalue weighted by Gasteiger charge is -2.40. The summed E-state index contributed by atoms with van der Waals surface area (Å²) in [5.74, 6) is 0.272. The number of amides is 2. The Kier molecular flexibility index (Phi) is 4.82. The van der Waals surface area contributed by atoms with Crippen molar-refractivity contribution in [1.29, 1.82) is 0 Å². The molecule has 0 aromatic heterocycles. The van der Waals surface area contributed by atoms with Gasteiger partial charge in [-0.15, -0.1) is 11.8 Å². The molecule has 3 heterocycles. The zero-order chi connectivity index (χ0) is 22.8. The van der Waals surface area contributed by atoms with E-state index in [0.717, 1.165) is 47.3 Å². The Hall–Kier alpha value is -2.53. The lowest BCUT2D eigenvalue weighted by molar-refractivity contribution is -0.124. The molecule has 0 N–H and O–H groups in total. The molecule has 2 amide bonds. The number of hydrogen-bond acceptors (Lipinski definition) is 3. The van der Waals surface area contributed by atoms with Crippen molar-refractivity contribution >= 4 is 40.5 Å². The third-order valence-corrected chi connectivity index (χ3v) is 8.28. The Labute approximate surface area is 194 Å². The maximum atomic E-state index is 14.3. The second-order valence-corrected chi connectivity index (χ2v) is 10.9. The van der Waals surface area contributed by atoms with Gasteiger partial charge < -0.3 is 0 Å². The molecule has 1 saturated heterocycles. The fourth-order valence-electron chi connectivity index (χ4n) is 5.51. The standard InChI is InChI=1S/C27H30N2O2S/c1-6-7-8-19-9-11-20(12-10-19)28-23(30)16-32-27(28)22-14-17(2)13-21-18(3)15-26(4,5)29(24(21)22)25(27)31/h9-15H,6-8,16H2,1-5H3/t27-/m1/s1. The van der Waals surface area contributed by atoms with Gasteiger partial charge in [-0.1, -0.05) is 37.6 Å². The molecule has 4 nitrogen and oxygen atoms in total. The van der Waals surface area contributed by atoms with Gasteiger partial charge in [-0.05, 0) is 75.4 Å². The lowest BCUT2D eigenvalue weighted by atomic mass is 9.88. The number of thioether (sulfide) groups is 1. The Morgan fingerprint density at radius 2 is 1.75 bits per heavy atom. The number of fused-ring (bicyclic) bond motifs is 1. The van der Waals surface area contributed by atoms with E-state index in [0.29, 0.717) is 5.75 Å². The minimum absolute atomic E-state index is 0.0118. The van der Waals surface area contributed by atoms with E-state index in [2.05, 4.69) is 65.0 Å². The number of benzene rings is 2. The minimum Gasteiger partial charge on any atom is -0.299 e. The van der Waals surface area contributed by atoms with Crippen LogP contribution < -0.4 is 9.80 Å². The number of carbonyl (C=O) groups is 2. The zero-order valence-electron chi connectivity index (χ0n) is 19.5. The van der Waals surface area contributed by atoms with Crippen molar-refractivity contribution in [2.75, 3.05) is 15.6 Å². The van der Waals surface area contributed by atoms with Gasteiger partial charge in [-0.25, -0.2) is 0 Å². The highest BCUT2D eigenvalue weighted by Gasteiger charge is 2.64. The second-order valence-electron chi connectivity index (χ2n) is 9.76. The molecule has 0 unspecified atom stereocenters. The number of anilines is 2. The predicted molar refractivity (Wildman–Crippen MR) is 133 cm³/mol. The SMILES string of the molecule is CCCCc1ccc(N2C(=O)CS[C@]23C(=O)N2c4c(cc(C)cc43)C(C)=CC2(C)C)cc1. The monoisotopic (exact) mass is 446 g/mol. The normalized spacial score (nSPS) is 23.2. The highest BCUT2D eigenvalue weighted by atomic mass is 32.2.